The van der Waals surface area contributed by atoms with E-state index in [0.717, 1.165) is 41.1 Å². The van der Waals surface area contributed by atoms with Crippen molar-refractivity contribution in [1.82, 2.24) is 30.0 Å². The van der Waals surface area contributed by atoms with E-state index in [2.05, 4.69) is 20.4 Å². The van der Waals surface area contributed by atoms with Crippen LogP contribution in [0.4, 0.5) is 0 Å². The summed E-state index contributed by atoms with van der Waals surface area (Å²) >= 11 is 0. The number of rotatable bonds is 6. The Morgan fingerprint density at radius 1 is 1.09 bits per heavy atom. The Morgan fingerprint density at radius 3 is 2.85 bits per heavy atom. The van der Waals surface area contributed by atoms with Crippen LogP contribution in [0.1, 0.15) is 40.4 Å². The predicted octanol–water partition coefficient (Wildman–Crippen LogP) is 3.26. The van der Waals surface area contributed by atoms with Gasteiger partial charge in [0.05, 0.1) is 23.1 Å². The molecule has 0 bridgehead atoms. The molecule has 164 valence electrons. The van der Waals surface area contributed by atoms with Gasteiger partial charge in [-0.05, 0) is 48.7 Å². The number of aromatic nitrogens is 5. The molecule has 1 aliphatic carbocycles. The van der Waals surface area contributed by atoms with Gasteiger partial charge in [0.2, 0.25) is 6.79 Å². The molecule has 0 radical (unpaired) electrons. The van der Waals surface area contributed by atoms with E-state index in [9.17, 15) is 4.79 Å². The van der Waals surface area contributed by atoms with E-state index in [4.69, 9.17) is 14.5 Å². The van der Waals surface area contributed by atoms with Crippen LogP contribution in [0.15, 0.2) is 61.2 Å². The average Bonchev–Trinajstić information content (AvgIpc) is 3.42. The highest BCUT2D eigenvalue weighted by Crippen LogP contribution is 2.42. The standard InChI is InChI=1S/C24H20N6O3/c31-23(27-12-15-2-1-8-25-11-15)18-13-28-30(22(18)16-3-4-16)24-26-9-7-19(29-24)17-5-6-20-21(10-17)33-14-32-20/h1-2,5-11,13,16H,3-4,12,14H2,(H,27,31). The number of pyridine rings is 1. The third-order valence-corrected chi connectivity index (χ3v) is 5.69. The van der Waals surface area contributed by atoms with E-state index < -0.39 is 0 Å². The van der Waals surface area contributed by atoms with Crippen LogP contribution in [-0.4, -0.2) is 37.4 Å². The van der Waals surface area contributed by atoms with Gasteiger partial charge in [0.25, 0.3) is 11.9 Å². The molecule has 9 nitrogen and oxygen atoms in total. The first kappa shape index (κ1) is 19.4. The minimum atomic E-state index is -0.168. The number of ether oxygens (including phenoxy) is 2. The molecular formula is C24H20N6O3. The number of carbonyl (C=O) groups excluding carboxylic acids is 1. The van der Waals surface area contributed by atoms with E-state index in [1.54, 1.807) is 29.5 Å². The topological polar surface area (TPSA) is 104 Å². The zero-order valence-electron chi connectivity index (χ0n) is 17.6. The fourth-order valence-corrected chi connectivity index (χ4v) is 3.89. The van der Waals surface area contributed by atoms with Crippen molar-refractivity contribution in [2.24, 2.45) is 0 Å². The van der Waals surface area contributed by atoms with E-state index >= 15 is 0 Å². The van der Waals surface area contributed by atoms with Crippen molar-refractivity contribution < 1.29 is 14.3 Å². The number of hydrogen-bond donors (Lipinski definition) is 1. The zero-order chi connectivity index (χ0) is 22.2. The van der Waals surface area contributed by atoms with Gasteiger partial charge in [-0.15, -0.1) is 0 Å². The lowest BCUT2D eigenvalue weighted by Crippen LogP contribution is -2.24. The summed E-state index contributed by atoms with van der Waals surface area (Å²) in [4.78, 5) is 26.2. The van der Waals surface area contributed by atoms with Gasteiger partial charge in [-0.2, -0.15) is 5.10 Å². The highest BCUT2D eigenvalue weighted by atomic mass is 16.7. The molecule has 1 N–H and O–H groups in total. The monoisotopic (exact) mass is 440 g/mol. The SMILES string of the molecule is O=C(NCc1cccnc1)c1cnn(-c2nccc(-c3ccc4c(c3)OCO4)n2)c1C1CC1. The lowest BCUT2D eigenvalue weighted by atomic mass is 10.1. The number of fused-ring (bicyclic) bond motifs is 1. The van der Waals surface area contributed by atoms with Gasteiger partial charge < -0.3 is 14.8 Å². The third-order valence-electron chi connectivity index (χ3n) is 5.69. The summed E-state index contributed by atoms with van der Waals surface area (Å²) in [5, 5.41) is 7.46. The van der Waals surface area contributed by atoms with Gasteiger partial charge >= 0.3 is 0 Å². The van der Waals surface area contributed by atoms with Crippen LogP contribution in [0.5, 0.6) is 11.5 Å². The molecule has 0 atom stereocenters. The Labute approximate surface area is 189 Å². The molecule has 6 rings (SSSR count). The van der Waals surface area contributed by atoms with E-state index in [1.165, 1.54) is 0 Å². The number of amides is 1. The van der Waals surface area contributed by atoms with E-state index in [0.29, 0.717) is 23.8 Å². The van der Waals surface area contributed by atoms with Gasteiger partial charge in [0.15, 0.2) is 11.5 Å². The molecule has 9 heteroatoms. The molecule has 1 amide bonds. The minimum Gasteiger partial charge on any atom is -0.454 e. The predicted molar refractivity (Wildman–Crippen MR) is 118 cm³/mol. The molecule has 3 aromatic heterocycles. The molecule has 0 saturated heterocycles. The van der Waals surface area contributed by atoms with Crippen LogP contribution in [0, 0.1) is 0 Å². The van der Waals surface area contributed by atoms with Gasteiger partial charge in [0.1, 0.15) is 0 Å². The van der Waals surface area contributed by atoms with Crippen LogP contribution < -0.4 is 14.8 Å². The van der Waals surface area contributed by atoms with E-state index in [1.807, 2.05) is 36.4 Å². The summed E-state index contributed by atoms with van der Waals surface area (Å²) in [7, 11) is 0. The summed E-state index contributed by atoms with van der Waals surface area (Å²) in [6.45, 7) is 0.621. The summed E-state index contributed by atoms with van der Waals surface area (Å²) < 4.78 is 12.6. The molecule has 4 heterocycles. The number of carbonyl (C=O) groups is 1. The van der Waals surface area contributed by atoms with Crippen LogP contribution in [0.2, 0.25) is 0 Å². The van der Waals surface area contributed by atoms with Crippen LogP contribution in [0.25, 0.3) is 17.2 Å². The van der Waals surface area contributed by atoms with Crippen molar-refractivity contribution >= 4 is 5.91 Å². The smallest absolute Gasteiger partial charge is 0.255 e. The van der Waals surface area contributed by atoms with Crippen molar-refractivity contribution in [1.29, 1.82) is 0 Å². The summed E-state index contributed by atoms with van der Waals surface area (Å²) in [5.41, 5.74) is 3.96. The maximum atomic E-state index is 13.0. The second-order valence-corrected chi connectivity index (χ2v) is 7.98. The molecule has 1 aliphatic heterocycles. The summed E-state index contributed by atoms with van der Waals surface area (Å²) in [6, 6.07) is 11.3. The van der Waals surface area contributed by atoms with Gasteiger partial charge in [-0.3, -0.25) is 9.78 Å². The molecule has 1 fully saturated rings. The van der Waals surface area contributed by atoms with Gasteiger partial charge in [-0.1, -0.05) is 6.07 Å². The van der Waals surface area contributed by atoms with Crippen LogP contribution in [-0.2, 0) is 6.54 Å². The number of hydrogen-bond acceptors (Lipinski definition) is 7. The number of nitrogens with zero attached hydrogens (tertiary/aromatic N) is 5. The second-order valence-electron chi connectivity index (χ2n) is 7.98. The first-order chi connectivity index (χ1) is 16.3. The molecule has 33 heavy (non-hydrogen) atoms. The Balaban J connectivity index is 1.30. The molecule has 0 unspecified atom stereocenters. The maximum absolute atomic E-state index is 13.0. The largest absolute Gasteiger partial charge is 0.454 e. The molecule has 1 aromatic carbocycles. The van der Waals surface area contributed by atoms with Crippen LogP contribution in [0.3, 0.4) is 0 Å². The highest BCUT2D eigenvalue weighted by molar-refractivity contribution is 5.95. The van der Waals surface area contributed by atoms with Crippen molar-refractivity contribution in [3.05, 3.63) is 78.0 Å². The van der Waals surface area contributed by atoms with Gasteiger partial charge in [0, 0.05) is 36.6 Å². The summed E-state index contributed by atoms with van der Waals surface area (Å²) in [6.07, 6.45) is 8.76. The zero-order valence-corrected chi connectivity index (χ0v) is 17.6. The van der Waals surface area contributed by atoms with Crippen molar-refractivity contribution in [2.45, 2.75) is 25.3 Å². The quantitative estimate of drug-likeness (QED) is 0.491. The highest BCUT2D eigenvalue weighted by Gasteiger charge is 2.33. The molecule has 0 spiro atoms. The van der Waals surface area contributed by atoms with E-state index in [-0.39, 0.29) is 18.6 Å². The molecular weight excluding hydrogens is 420 g/mol. The third kappa shape index (κ3) is 3.78. The fourth-order valence-electron chi connectivity index (χ4n) is 3.89. The number of benzene rings is 1. The Hall–Kier alpha value is -4.27. The Bertz CT molecular complexity index is 1330. The number of nitrogens with one attached hydrogen (secondary N) is 1. The van der Waals surface area contributed by atoms with Crippen LogP contribution >= 0.6 is 0 Å². The first-order valence-corrected chi connectivity index (χ1v) is 10.7. The molecule has 2 aliphatic rings. The normalized spacial score (nSPS) is 14.3. The van der Waals surface area contributed by atoms with Crippen molar-refractivity contribution in [3.63, 3.8) is 0 Å². The summed E-state index contributed by atoms with van der Waals surface area (Å²) in [5.74, 6) is 1.94. The lowest BCUT2D eigenvalue weighted by Gasteiger charge is -2.09. The van der Waals surface area contributed by atoms with Crippen molar-refractivity contribution in [3.8, 4) is 28.7 Å². The van der Waals surface area contributed by atoms with Crippen molar-refractivity contribution in [2.75, 3.05) is 6.79 Å². The molecule has 1 saturated carbocycles. The lowest BCUT2D eigenvalue weighted by molar-refractivity contribution is 0.0950. The Kier molecular flexibility index (Phi) is 4.71. The second kappa shape index (κ2) is 8.01. The fraction of sp³-hybridized carbons (Fsp3) is 0.208. The average molecular weight is 440 g/mol. The first-order valence-electron chi connectivity index (χ1n) is 10.7. The van der Waals surface area contributed by atoms with Gasteiger partial charge in [-0.25, -0.2) is 14.6 Å². The maximum Gasteiger partial charge on any atom is 0.255 e. The molecule has 4 aromatic rings. The minimum absolute atomic E-state index is 0.168. The Morgan fingerprint density at radius 2 is 2.00 bits per heavy atom.